The Morgan fingerprint density at radius 3 is 1.95 bits per heavy atom. The molecule has 0 saturated heterocycles. The molecule has 1 rings (SSSR count). The first-order valence-corrected chi connectivity index (χ1v) is 10.1. The summed E-state index contributed by atoms with van der Waals surface area (Å²) in [6.07, 6.45) is 1.18. The van der Waals surface area contributed by atoms with Gasteiger partial charge >= 0.3 is 0 Å². The van der Waals surface area contributed by atoms with E-state index in [2.05, 4.69) is 10.0 Å². The number of hydrogen-bond acceptors (Lipinski definition) is 5. The molecule has 0 bridgehead atoms. The van der Waals surface area contributed by atoms with E-state index in [0.717, 1.165) is 0 Å². The van der Waals surface area contributed by atoms with E-state index in [1.807, 2.05) is 0 Å². The summed E-state index contributed by atoms with van der Waals surface area (Å²) in [5, 5.41) is 3.02. The van der Waals surface area contributed by atoms with Gasteiger partial charge in [-0.15, -0.1) is 0 Å². The Bertz CT molecular complexity index is 665. The molecule has 0 aliphatic carbocycles. The molecule has 1 aromatic carbocycles. The molecule has 0 saturated carbocycles. The van der Waals surface area contributed by atoms with E-state index in [1.165, 1.54) is 18.4 Å². The summed E-state index contributed by atoms with van der Waals surface area (Å²) in [4.78, 5) is 0.178. The first kappa shape index (κ1) is 17.9. The number of anilines is 1. The number of hydrogen-bond donors (Lipinski definition) is 2. The fourth-order valence-electron chi connectivity index (χ4n) is 1.89. The number of benzene rings is 1. The van der Waals surface area contributed by atoms with Gasteiger partial charge in [0, 0.05) is 24.0 Å². The molecular weight excluding hydrogens is 312 g/mol. The lowest BCUT2D eigenvalue weighted by molar-refractivity contribution is 0.570. The molecule has 0 fully saturated rings. The fourth-order valence-corrected chi connectivity index (χ4v) is 4.13. The first-order chi connectivity index (χ1) is 9.49. The second kappa shape index (κ2) is 6.76. The van der Waals surface area contributed by atoms with Crippen LogP contribution >= 0.6 is 0 Å². The summed E-state index contributed by atoms with van der Waals surface area (Å²) in [6, 6.07) is 5.78. The molecule has 0 aromatic heterocycles. The minimum atomic E-state index is -3.51. The molecule has 8 heteroatoms. The van der Waals surface area contributed by atoms with Crippen LogP contribution in [0, 0.1) is 0 Å². The summed E-state index contributed by atoms with van der Waals surface area (Å²) in [5.41, 5.74) is 0.676. The molecule has 120 valence electrons. The molecule has 21 heavy (non-hydrogen) atoms. The average Bonchev–Trinajstić information content (AvgIpc) is 2.24. The Morgan fingerprint density at radius 2 is 1.52 bits per heavy atom. The fraction of sp³-hybridized carbons (Fsp3) is 0.538. The number of sulfone groups is 1. The minimum Gasteiger partial charge on any atom is -0.382 e. The SMILES string of the molecule is CC(C)NS(=O)(=O)c1ccc(NC(C)CS(C)(=O)=O)cc1. The number of nitrogens with one attached hydrogen (secondary N) is 2. The van der Waals surface area contributed by atoms with Gasteiger partial charge in [-0.2, -0.15) is 0 Å². The van der Waals surface area contributed by atoms with Crippen molar-refractivity contribution >= 4 is 25.5 Å². The van der Waals surface area contributed by atoms with Crippen molar-refractivity contribution in [1.82, 2.24) is 4.72 Å². The predicted octanol–water partition coefficient (Wildman–Crippen LogP) is 1.22. The Balaban J connectivity index is 2.79. The van der Waals surface area contributed by atoms with Crippen LogP contribution in [0.15, 0.2) is 29.2 Å². The highest BCUT2D eigenvalue weighted by atomic mass is 32.2. The molecule has 0 aliphatic rings. The van der Waals surface area contributed by atoms with Crippen molar-refractivity contribution in [2.75, 3.05) is 17.3 Å². The van der Waals surface area contributed by atoms with Crippen LogP contribution in [0.5, 0.6) is 0 Å². The first-order valence-electron chi connectivity index (χ1n) is 6.56. The minimum absolute atomic E-state index is 0.0158. The Labute approximate surface area is 126 Å². The molecule has 0 aliphatic heterocycles. The maximum Gasteiger partial charge on any atom is 0.240 e. The summed E-state index contributed by atoms with van der Waals surface area (Å²) >= 11 is 0. The van der Waals surface area contributed by atoms with Gasteiger partial charge < -0.3 is 5.32 Å². The number of sulfonamides is 1. The molecule has 2 N–H and O–H groups in total. The molecule has 0 heterocycles. The number of rotatable bonds is 7. The van der Waals surface area contributed by atoms with E-state index in [9.17, 15) is 16.8 Å². The summed E-state index contributed by atoms with van der Waals surface area (Å²) in [7, 11) is -6.56. The van der Waals surface area contributed by atoms with E-state index in [0.29, 0.717) is 5.69 Å². The monoisotopic (exact) mass is 334 g/mol. The summed E-state index contributed by atoms with van der Waals surface area (Å²) in [6.45, 7) is 5.26. The predicted molar refractivity (Wildman–Crippen MR) is 84.7 cm³/mol. The van der Waals surface area contributed by atoms with E-state index >= 15 is 0 Å². The average molecular weight is 334 g/mol. The van der Waals surface area contributed by atoms with Crippen LogP contribution in [-0.2, 0) is 19.9 Å². The Morgan fingerprint density at radius 1 is 1.00 bits per heavy atom. The van der Waals surface area contributed by atoms with Crippen molar-refractivity contribution in [3.63, 3.8) is 0 Å². The van der Waals surface area contributed by atoms with Crippen LogP contribution in [0.2, 0.25) is 0 Å². The third kappa shape index (κ3) is 6.45. The largest absolute Gasteiger partial charge is 0.382 e. The smallest absolute Gasteiger partial charge is 0.240 e. The zero-order valence-corrected chi connectivity index (χ0v) is 14.3. The molecule has 6 nitrogen and oxygen atoms in total. The van der Waals surface area contributed by atoms with Gasteiger partial charge in [0.1, 0.15) is 9.84 Å². The highest BCUT2D eigenvalue weighted by molar-refractivity contribution is 7.90. The highest BCUT2D eigenvalue weighted by Crippen LogP contribution is 2.15. The van der Waals surface area contributed by atoms with Gasteiger partial charge in [-0.25, -0.2) is 21.6 Å². The van der Waals surface area contributed by atoms with Crippen molar-refractivity contribution in [3.05, 3.63) is 24.3 Å². The van der Waals surface area contributed by atoms with Gasteiger partial charge in [-0.05, 0) is 45.0 Å². The van der Waals surface area contributed by atoms with Gasteiger partial charge in [0.15, 0.2) is 0 Å². The maximum absolute atomic E-state index is 12.0. The van der Waals surface area contributed by atoms with Gasteiger partial charge in [0.25, 0.3) is 0 Å². The van der Waals surface area contributed by atoms with Gasteiger partial charge in [-0.3, -0.25) is 0 Å². The lowest BCUT2D eigenvalue weighted by atomic mass is 10.3. The van der Waals surface area contributed by atoms with E-state index in [-0.39, 0.29) is 22.7 Å². The topological polar surface area (TPSA) is 92.3 Å². The molecule has 0 radical (unpaired) electrons. The van der Waals surface area contributed by atoms with Gasteiger partial charge in [-0.1, -0.05) is 0 Å². The molecule has 1 unspecified atom stereocenters. The third-order valence-electron chi connectivity index (χ3n) is 2.52. The molecule has 1 atom stereocenters. The maximum atomic E-state index is 12.0. The normalized spacial score (nSPS) is 14.1. The van der Waals surface area contributed by atoms with Crippen LogP contribution < -0.4 is 10.0 Å². The highest BCUT2D eigenvalue weighted by Gasteiger charge is 2.15. The van der Waals surface area contributed by atoms with Crippen molar-refractivity contribution < 1.29 is 16.8 Å². The van der Waals surface area contributed by atoms with Crippen molar-refractivity contribution in [3.8, 4) is 0 Å². The van der Waals surface area contributed by atoms with Crippen molar-refractivity contribution in [2.45, 2.75) is 37.8 Å². The molecule has 0 spiro atoms. The zero-order chi connectivity index (χ0) is 16.3. The van der Waals surface area contributed by atoms with Crippen molar-refractivity contribution in [1.29, 1.82) is 0 Å². The summed E-state index contributed by atoms with van der Waals surface area (Å²) < 4.78 is 48.8. The Kier molecular flexibility index (Phi) is 5.77. The quantitative estimate of drug-likeness (QED) is 0.782. The van der Waals surface area contributed by atoms with E-state index < -0.39 is 19.9 Å². The van der Waals surface area contributed by atoms with Crippen LogP contribution in [0.3, 0.4) is 0 Å². The third-order valence-corrected chi connectivity index (χ3v) is 5.30. The molecule has 0 amide bonds. The van der Waals surface area contributed by atoms with Crippen LogP contribution in [0.4, 0.5) is 5.69 Å². The van der Waals surface area contributed by atoms with E-state index in [4.69, 9.17) is 0 Å². The second-order valence-corrected chi connectivity index (χ2v) is 9.34. The van der Waals surface area contributed by atoms with Crippen molar-refractivity contribution in [2.24, 2.45) is 0 Å². The van der Waals surface area contributed by atoms with Crippen LogP contribution in [0.1, 0.15) is 20.8 Å². The summed E-state index contributed by atoms with van der Waals surface area (Å²) in [5.74, 6) is 0.0158. The van der Waals surface area contributed by atoms with Gasteiger partial charge in [0.05, 0.1) is 10.6 Å². The molecule has 1 aromatic rings. The zero-order valence-electron chi connectivity index (χ0n) is 12.6. The van der Waals surface area contributed by atoms with E-state index in [1.54, 1.807) is 32.9 Å². The van der Waals surface area contributed by atoms with Crippen LogP contribution in [-0.4, -0.2) is 40.9 Å². The van der Waals surface area contributed by atoms with Crippen LogP contribution in [0.25, 0.3) is 0 Å². The second-order valence-electron chi connectivity index (χ2n) is 5.44. The Hall–Kier alpha value is -1.12. The van der Waals surface area contributed by atoms with Gasteiger partial charge in [0.2, 0.25) is 10.0 Å². The standard InChI is InChI=1S/C13H22N2O4S2/c1-10(2)15-21(18,19)13-7-5-12(6-8-13)14-11(3)9-20(4,16)17/h5-8,10-11,14-15H,9H2,1-4H3. The lowest BCUT2D eigenvalue weighted by Gasteiger charge is -2.15. The molecular formula is C13H22N2O4S2. The lowest BCUT2D eigenvalue weighted by Crippen LogP contribution is -2.30.